The first-order chi connectivity index (χ1) is 8.75. The van der Waals surface area contributed by atoms with Crippen molar-refractivity contribution < 1.29 is 4.79 Å². The predicted octanol–water partition coefficient (Wildman–Crippen LogP) is 5.06. The lowest BCUT2D eigenvalue weighted by molar-refractivity contribution is 0.0974. The minimum atomic E-state index is 0.0640. The van der Waals surface area contributed by atoms with Crippen molar-refractivity contribution in [2.75, 3.05) is 0 Å². The van der Waals surface area contributed by atoms with Crippen molar-refractivity contribution in [1.82, 2.24) is 4.98 Å². The number of nitrogens with zero attached hydrogens (tertiary/aromatic N) is 1. The molecule has 0 aliphatic heterocycles. The molecule has 0 saturated heterocycles. The summed E-state index contributed by atoms with van der Waals surface area (Å²) in [6.45, 7) is 2.22. The third-order valence-corrected chi connectivity index (χ3v) is 3.33. The van der Waals surface area contributed by atoms with E-state index in [1.807, 2.05) is 0 Å². The standard InChI is InChI=1S/C15H22ClNO/c1-2-3-4-5-6-7-8-11-14(18)15-13(16)10-9-12-17-15/h9-10,12H,2-8,11H2,1H3. The van der Waals surface area contributed by atoms with E-state index in [4.69, 9.17) is 11.6 Å². The third-order valence-electron chi connectivity index (χ3n) is 3.03. The fraction of sp³-hybridized carbons (Fsp3) is 0.600. The Morgan fingerprint density at radius 3 is 2.50 bits per heavy atom. The lowest BCUT2D eigenvalue weighted by atomic mass is 10.1. The van der Waals surface area contributed by atoms with Crippen molar-refractivity contribution in [2.24, 2.45) is 0 Å². The van der Waals surface area contributed by atoms with Crippen LogP contribution in [0.2, 0.25) is 5.02 Å². The molecule has 1 aromatic heterocycles. The van der Waals surface area contributed by atoms with E-state index in [9.17, 15) is 4.79 Å². The van der Waals surface area contributed by atoms with E-state index in [1.165, 1.54) is 32.1 Å². The number of hydrogen-bond acceptors (Lipinski definition) is 2. The van der Waals surface area contributed by atoms with Gasteiger partial charge in [0.05, 0.1) is 5.02 Å². The monoisotopic (exact) mass is 267 g/mol. The number of halogens is 1. The molecule has 18 heavy (non-hydrogen) atoms. The van der Waals surface area contributed by atoms with E-state index in [-0.39, 0.29) is 5.78 Å². The largest absolute Gasteiger partial charge is 0.292 e. The molecule has 0 unspecified atom stereocenters. The minimum Gasteiger partial charge on any atom is -0.292 e. The average Bonchev–Trinajstić information content (AvgIpc) is 2.38. The third kappa shape index (κ3) is 5.63. The van der Waals surface area contributed by atoms with Gasteiger partial charge in [-0.3, -0.25) is 9.78 Å². The summed E-state index contributed by atoms with van der Waals surface area (Å²) in [7, 11) is 0. The van der Waals surface area contributed by atoms with Crippen molar-refractivity contribution in [3.63, 3.8) is 0 Å². The first-order valence-corrected chi connectivity index (χ1v) is 7.27. The molecule has 0 aliphatic carbocycles. The Hall–Kier alpha value is -0.890. The van der Waals surface area contributed by atoms with Crippen LogP contribution in [0, 0.1) is 0 Å². The van der Waals surface area contributed by atoms with Gasteiger partial charge in [0.25, 0.3) is 0 Å². The molecule has 1 aromatic rings. The SMILES string of the molecule is CCCCCCCCCC(=O)c1ncccc1Cl. The van der Waals surface area contributed by atoms with Crippen LogP contribution >= 0.6 is 11.6 Å². The fourth-order valence-corrected chi connectivity index (χ4v) is 2.18. The summed E-state index contributed by atoms with van der Waals surface area (Å²) in [6, 6.07) is 3.46. The van der Waals surface area contributed by atoms with Gasteiger partial charge in [-0.1, -0.05) is 57.0 Å². The molecule has 1 heterocycles. The Labute approximate surface area is 115 Å². The smallest absolute Gasteiger partial charge is 0.182 e. The maximum atomic E-state index is 11.9. The molecule has 3 heteroatoms. The number of carbonyl (C=O) groups is 1. The molecule has 2 nitrogen and oxygen atoms in total. The Bertz CT molecular complexity index is 365. The molecular weight excluding hydrogens is 246 g/mol. The van der Waals surface area contributed by atoms with Crippen molar-refractivity contribution in [2.45, 2.75) is 58.3 Å². The van der Waals surface area contributed by atoms with Gasteiger partial charge >= 0.3 is 0 Å². The molecule has 100 valence electrons. The Kier molecular flexibility index (Phi) is 7.66. The second-order valence-electron chi connectivity index (χ2n) is 4.63. The number of rotatable bonds is 9. The van der Waals surface area contributed by atoms with Gasteiger partial charge in [-0.2, -0.15) is 0 Å². The van der Waals surface area contributed by atoms with Crippen molar-refractivity contribution in [3.8, 4) is 0 Å². The molecule has 0 fully saturated rings. The predicted molar refractivity (Wildman–Crippen MR) is 76.2 cm³/mol. The van der Waals surface area contributed by atoms with E-state index < -0.39 is 0 Å². The molecule has 0 N–H and O–H groups in total. The highest BCUT2D eigenvalue weighted by Gasteiger charge is 2.10. The molecule has 1 rings (SSSR count). The quantitative estimate of drug-likeness (QED) is 0.462. The maximum absolute atomic E-state index is 11.9. The lowest BCUT2D eigenvalue weighted by Gasteiger charge is -2.02. The normalized spacial score (nSPS) is 10.6. The maximum Gasteiger partial charge on any atom is 0.182 e. The van der Waals surface area contributed by atoms with E-state index in [1.54, 1.807) is 18.3 Å². The molecule has 0 amide bonds. The molecule has 0 bridgehead atoms. The van der Waals surface area contributed by atoms with Gasteiger partial charge in [-0.05, 0) is 18.6 Å². The Morgan fingerprint density at radius 2 is 1.83 bits per heavy atom. The molecule has 0 aromatic carbocycles. The van der Waals surface area contributed by atoms with Crippen LogP contribution in [0.25, 0.3) is 0 Å². The summed E-state index contributed by atoms with van der Waals surface area (Å²) in [5, 5.41) is 0.463. The van der Waals surface area contributed by atoms with Gasteiger partial charge < -0.3 is 0 Å². The van der Waals surface area contributed by atoms with E-state index >= 15 is 0 Å². The zero-order chi connectivity index (χ0) is 13.2. The van der Waals surface area contributed by atoms with Crippen molar-refractivity contribution >= 4 is 17.4 Å². The number of unbranched alkanes of at least 4 members (excludes halogenated alkanes) is 6. The molecular formula is C15H22ClNO. The summed E-state index contributed by atoms with van der Waals surface area (Å²) in [5.74, 6) is 0.0640. The van der Waals surface area contributed by atoms with E-state index in [0.29, 0.717) is 17.1 Å². The van der Waals surface area contributed by atoms with Crippen LogP contribution < -0.4 is 0 Å². The van der Waals surface area contributed by atoms with Gasteiger partial charge in [0.15, 0.2) is 5.78 Å². The highest BCUT2D eigenvalue weighted by Crippen LogP contribution is 2.16. The molecule has 0 radical (unpaired) electrons. The number of Topliss-reactive ketones (excluding diaryl/α,β-unsaturated/α-hetero) is 1. The number of hydrogen-bond donors (Lipinski definition) is 0. The minimum absolute atomic E-state index is 0.0640. The van der Waals surface area contributed by atoms with Crippen LogP contribution in [0.15, 0.2) is 18.3 Å². The number of ketones is 1. The highest BCUT2D eigenvalue weighted by molar-refractivity contribution is 6.33. The molecule has 0 saturated carbocycles. The molecule has 0 aliphatic rings. The second kappa shape index (κ2) is 9.09. The lowest BCUT2D eigenvalue weighted by Crippen LogP contribution is -2.02. The summed E-state index contributed by atoms with van der Waals surface area (Å²) >= 11 is 5.93. The summed E-state index contributed by atoms with van der Waals surface area (Å²) in [4.78, 5) is 15.9. The fourth-order valence-electron chi connectivity index (χ4n) is 1.95. The number of carbonyl (C=O) groups excluding carboxylic acids is 1. The second-order valence-corrected chi connectivity index (χ2v) is 5.04. The van der Waals surface area contributed by atoms with Gasteiger partial charge in [0.2, 0.25) is 0 Å². The summed E-state index contributed by atoms with van der Waals surface area (Å²) in [5.41, 5.74) is 0.421. The Balaban J connectivity index is 2.16. The van der Waals surface area contributed by atoms with Crippen LogP contribution in [0.1, 0.15) is 68.8 Å². The van der Waals surface area contributed by atoms with Crippen molar-refractivity contribution in [1.29, 1.82) is 0 Å². The van der Waals surface area contributed by atoms with Crippen LogP contribution in [0.5, 0.6) is 0 Å². The average molecular weight is 268 g/mol. The number of pyridine rings is 1. The number of aromatic nitrogens is 1. The van der Waals surface area contributed by atoms with E-state index in [0.717, 1.165) is 12.8 Å². The Morgan fingerprint density at radius 1 is 1.17 bits per heavy atom. The molecule has 0 spiro atoms. The highest BCUT2D eigenvalue weighted by atomic mass is 35.5. The van der Waals surface area contributed by atoms with Gasteiger partial charge in [0.1, 0.15) is 5.69 Å². The van der Waals surface area contributed by atoms with Gasteiger partial charge in [-0.15, -0.1) is 0 Å². The van der Waals surface area contributed by atoms with Crippen molar-refractivity contribution in [3.05, 3.63) is 29.0 Å². The van der Waals surface area contributed by atoms with Crippen LogP contribution in [-0.2, 0) is 0 Å². The van der Waals surface area contributed by atoms with Crippen LogP contribution in [-0.4, -0.2) is 10.8 Å². The van der Waals surface area contributed by atoms with Crippen LogP contribution in [0.3, 0.4) is 0 Å². The zero-order valence-electron chi connectivity index (χ0n) is 11.1. The van der Waals surface area contributed by atoms with Crippen LogP contribution in [0.4, 0.5) is 0 Å². The summed E-state index contributed by atoms with van der Waals surface area (Å²) < 4.78 is 0. The van der Waals surface area contributed by atoms with Gasteiger partial charge in [-0.25, -0.2) is 0 Å². The topological polar surface area (TPSA) is 30.0 Å². The van der Waals surface area contributed by atoms with E-state index in [2.05, 4.69) is 11.9 Å². The summed E-state index contributed by atoms with van der Waals surface area (Å²) in [6.07, 6.45) is 10.7. The zero-order valence-corrected chi connectivity index (χ0v) is 11.9. The molecule has 0 atom stereocenters. The first kappa shape index (κ1) is 15.2. The first-order valence-electron chi connectivity index (χ1n) is 6.89. The van der Waals surface area contributed by atoms with Gasteiger partial charge in [0, 0.05) is 12.6 Å².